The molecule has 0 atom stereocenters. The molecule has 3 aromatic rings. The van der Waals surface area contributed by atoms with Crippen LogP contribution in [-0.2, 0) is 0 Å². The zero-order valence-corrected chi connectivity index (χ0v) is 15.8. The van der Waals surface area contributed by atoms with Crippen molar-refractivity contribution in [2.45, 2.75) is 0 Å². The Morgan fingerprint density at radius 3 is 2.17 bits per heavy atom. The van der Waals surface area contributed by atoms with E-state index < -0.39 is 0 Å². The molecule has 0 spiro atoms. The van der Waals surface area contributed by atoms with Gasteiger partial charge in [0.1, 0.15) is 0 Å². The number of rotatable bonds is 2. The molecule has 23 heavy (non-hydrogen) atoms. The molecule has 0 nitrogen and oxygen atoms in total. The van der Waals surface area contributed by atoms with E-state index in [0.29, 0.717) is 0 Å². The van der Waals surface area contributed by atoms with Crippen LogP contribution in [0.1, 0.15) is 4.88 Å². The minimum atomic E-state index is 0.946. The van der Waals surface area contributed by atoms with Gasteiger partial charge >= 0.3 is 0 Å². The van der Waals surface area contributed by atoms with E-state index in [0.717, 1.165) is 10.5 Å². The first kappa shape index (κ1) is 15.0. The molecule has 0 aromatic carbocycles. The van der Waals surface area contributed by atoms with E-state index >= 15 is 0 Å². The van der Waals surface area contributed by atoms with Crippen molar-refractivity contribution < 1.29 is 0 Å². The fourth-order valence-electron chi connectivity index (χ4n) is 2.12. The molecule has 1 aliphatic carbocycles. The maximum absolute atomic E-state index is 3.53. The molecule has 0 aliphatic heterocycles. The van der Waals surface area contributed by atoms with Crippen LogP contribution in [0.5, 0.6) is 0 Å². The SMILES string of the molecule is Brc1ccc(-c2ccc(-c3ccc(C#CC4=C=CC=C4)s3)s2)s1. The van der Waals surface area contributed by atoms with Gasteiger partial charge in [0.15, 0.2) is 0 Å². The van der Waals surface area contributed by atoms with Gasteiger partial charge in [0.05, 0.1) is 14.2 Å². The maximum atomic E-state index is 3.53. The monoisotopic (exact) mass is 412 g/mol. The lowest BCUT2D eigenvalue weighted by atomic mass is 10.3. The largest absolute Gasteiger partial charge is 0.134 e. The third-order valence-electron chi connectivity index (χ3n) is 3.19. The summed E-state index contributed by atoms with van der Waals surface area (Å²) in [7, 11) is 0. The Bertz CT molecular complexity index is 1020. The van der Waals surface area contributed by atoms with Crippen molar-refractivity contribution in [2.75, 3.05) is 0 Å². The predicted molar refractivity (Wildman–Crippen MR) is 106 cm³/mol. The number of allylic oxidation sites excluding steroid dienone is 3. The van der Waals surface area contributed by atoms with Gasteiger partial charge in [-0.05, 0) is 64.5 Å². The highest BCUT2D eigenvalue weighted by Crippen LogP contribution is 2.40. The Morgan fingerprint density at radius 2 is 1.48 bits per heavy atom. The standard InChI is InChI=1S/C19H9BrS3/c20-19-12-11-18(23-19)17-10-9-16(22-17)15-8-7-14(21-15)6-5-13-3-1-2-4-13/h1-3,7-12H. The number of hydrogen-bond donors (Lipinski definition) is 0. The maximum Gasteiger partial charge on any atom is 0.0779 e. The smallest absolute Gasteiger partial charge is 0.0779 e. The highest BCUT2D eigenvalue weighted by Gasteiger charge is 2.08. The van der Waals surface area contributed by atoms with E-state index in [1.807, 2.05) is 29.6 Å². The summed E-state index contributed by atoms with van der Waals surface area (Å²) >= 11 is 8.86. The van der Waals surface area contributed by atoms with E-state index in [9.17, 15) is 0 Å². The fraction of sp³-hybridized carbons (Fsp3) is 0. The van der Waals surface area contributed by atoms with Crippen molar-refractivity contribution in [1.29, 1.82) is 0 Å². The lowest BCUT2D eigenvalue weighted by Crippen LogP contribution is -1.65. The summed E-state index contributed by atoms with van der Waals surface area (Å²) < 4.78 is 1.17. The molecule has 4 heteroatoms. The van der Waals surface area contributed by atoms with Gasteiger partial charge in [0.2, 0.25) is 0 Å². The second-order valence-electron chi connectivity index (χ2n) is 4.77. The Labute approximate surface area is 155 Å². The Kier molecular flexibility index (Phi) is 4.22. The predicted octanol–water partition coefficient (Wildman–Crippen LogP) is 6.97. The highest BCUT2D eigenvalue weighted by atomic mass is 79.9. The lowest BCUT2D eigenvalue weighted by Gasteiger charge is -1.90. The molecule has 3 heterocycles. The van der Waals surface area contributed by atoms with Gasteiger partial charge in [-0.25, -0.2) is 0 Å². The van der Waals surface area contributed by atoms with E-state index in [2.05, 4.69) is 69.9 Å². The van der Waals surface area contributed by atoms with Crippen LogP contribution in [0.2, 0.25) is 0 Å². The summed E-state index contributed by atoms with van der Waals surface area (Å²) in [5.74, 6) is 6.36. The van der Waals surface area contributed by atoms with Crippen LogP contribution < -0.4 is 0 Å². The van der Waals surface area contributed by atoms with Gasteiger partial charge in [-0.15, -0.1) is 39.7 Å². The number of halogens is 1. The third kappa shape index (κ3) is 3.35. The van der Waals surface area contributed by atoms with E-state index in [1.165, 1.54) is 23.3 Å². The van der Waals surface area contributed by atoms with E-state index in [1.54, 1.807) is 22.7 Å². The molecular weight excluding hydrogens is 404 g/mol. The van der Waals surface area contributed by atoms with Crippen LogP contribution in [-0.4, -0.2) is 0 Å². The summed E-state index contributed by atoms with van der Waals surface area (Å²) in [4.78, 5) is 6.26. The van der Waals surface area contributed by atoms with Crippen LogP contribution >= 0.6 is 49.9 Å². The molecule has 110 valence electrons. The average molecular weight is 413 g/mol. The third-order valence-corrected chi connectivity index (χ3v) is 7.29. The molecule has 0 unspecified atom stereocenters. The minimum Gasteiger partial charge on any atom is -0.134 e. The average Bonchev–Trinajstić information content (AvgIpc) is 3.31. The molecule has 1 aliphatic rings. The Balaban J connectivity index is 1.58. The highest BCUT2D eigenvalue weighted by molar-refractivity contribution is 9.11. The van der Waals surface area contributed by atoms with E-state index in [-0.39, 0.29) is 0 Å². The van der Waals surface area contributed by atoms with Gasteiger partial charge < -0.3 is 0 Å². The zero-order valence-electron chi connectivity index (χ0n) is 11.8. The minimum absolute atomic E-state index is 0.946. The van der Waals surface area contributed by atoms with Crippen LogP contribution in [0.15, 0.2) is 69.7 Å². The zero-order chi connectivity index (χ0) is 15.6. The first-order valence-corrected chi connectivity index (χ1v) is 10.1. The molecule has 0 fully saturated rings. The summed E-state index contributed by atoms with van der Waals surface area (Å²) in [6.07, 6.45) is 5.83. The van der Waals surface area contributed by atoms with Crippen molar-refractivity contribution in [2.24, 2.45) is 0 Å². The molecule has 4 rings (SSSR count). The van der Waals surface area contributed by atoms with Gasteiger partial charge in [-0.2, -0.15) is 0 Å². The molecule has 0 radical (unpaired) electrons. The summed E-state index contributed by atoms with van der Waals surface area (Å²) in [6, 6.07) is 12.9. The molecule has 0 amide bonds. The van der Waals surface area contributed by atoms with Crippen molar-refractivity contribution >= 4 is 49.9 Å². The van der Waals surface area contributed by atoms with Gasteiger partial charge in [0, 0.05) is 19.5 Å². The quantitative estimate of drug-likeness (QED) is 0.314. The second-order valence-corrected chi connectivity index (χ2v) is 9.40. The molecular formula is C19H9BrS3. The van der Waals surface area contributed by atoms with Crippen molar-refractivity contribution in [3.63, 3.8) is 0 Å². The van der Waals surface area contributed by atoms with Crippen LogP contribution in [0.25, 0.3) is 19.5 Å². The number of hydrogen-bond acceptors (Lipinski definition) is 3. The fourth-order valence-corrected chi connectivity index (χ4v) is 5.56. The molecule has 3 aromatic heterocycles. The van der Waals surface area contributed by atoms with Crippen LogP contribution in [0, 0.1) is 11.8 Å². The van der Waals surface area contributed by atoms with Crippen molar-refractivity contribution in [1.82, 2.24) is 0 Å². The number of thiophene rings is 3. The van der Waals surface area contributed by atoms with E-state index in [4.69, 9.17) is 0 Å². The first-order valence-electron chi connectivity index (χ1n) is 6.89. The van der Waals surface area contributed by atoms with Gasteiger partial charge in [-0.3, -0.25) is 0 Å². The van der Waals surface area contributed by atoms with Crippen LogP contribution in [0.3, 0.4) is 0 Å². The summed E-state index contributed by atoms with van der Waals surface area (Å²) in [5, 5.41) is 0. The first-order chi connectivity index (χ1) is 11.3. The molecule has 0 saturated carbocycles. The molecule has 0 bridgehead atoms. The second kappa shape index (κ2) is 6.49. The Hall–Kier alpha value is -1.60. The molecule has 0 saturated heterocycles. The normalized spacial score (nSPS) is 12.3. The summed E-state index contributed by atoms with van der Waals surface area (Å²) in [5.41, 5.74) is 4.05. The molecule has 0 N–H and O–H groups in total. The van der Waals surface area contributed by atoms with Gasteiger partial charge in [-0.1, -0.05) is 17.9 Å². The van der Waals surface area contributed by atoms with Crippen molar-refractivity contribution in [3.05, 3.63) is 74.6 Å². The van der Waals surface area contributed by atoms with Gasteiger partial charge in [0.25, 0.3) is 0 Å². The lowest BCUT2D eigenvalue weighted by molar-refractivity contribution is 1.85. The topological polar surface area (TPSA) is 0 Å². The Morgan fingerprint density at radius 1 is 0.783 bits per heavy atom. The van der Waals surface area contributed by atoms with Crippen molar-refractivity contribution in [3.8, 4) is 31.3 Å². The summed E-state index contributed by atoms with van der Waals surface area (Å²) in [6.45, 7) is 0. The van der Waals surface area contributed by atoms with Crippen LogP contribution in [0.4, 0.5) is 0 Å².